The molecule has 0 aliphatic heterocycles. The number of benzene rings is 1. The first-order valence-electron chi connectivity index (χ1n) is 4.17. The molecule has 0 saturated heterocycles. The Bertz CT molecular complexity index is 376. The van der Waals surface area contributed by atoms with Crippen molar-refractivity contribution in [2.45, 2.75) is 10.4 Å². The van der Waals surface area contributed by atoms with E-state index in [4.69, 9.17) is 22.0 Å². The smallest absolute Gasteiger partial charge is 0.190 e. The SMILES string of the molecule is N#C[C@@](O)(CO)[C@@H](Br)c1ccc(Cl)cc1. The summed E-state index contributed by atoms with van der Waals surface area (Å²) in [4.78, 5) is -0.655. The zero-order chi connectivity index (χ0) is 11.5. The van der Waals surface area contributed by atoms with Gasteiger partial charge in [-0.1, -0.05) is 39.7 Å². The first kappa shape index (κ1) is 12.5. The van der Waals surface area contributed by atoms with Crippen molar-refractivity contribution in [2.24, 2.45) is 0 Å². The van der Waals surface area contributed by atoms with Gasteiger partial charge in [0.1, 0.15) is 6.07 Å². The van der Waals surface area contributed by atoms with Crippen molar-refractivity contribution in [2.75, 3.05) is 6.61 Å². The fourth-order valence-corrected chi connectivity index (χ4v) is 1.76. The number of rotatable bonds is 3. The van der Waals surface area contributed by atoms with Crippen molar-refractivity contribution in [3.05, 3.63) is 34.9 Å². The molecule has 0 aliphatic rings. The molecule has 0 bridgehead atoms. The van der Waals surface area contributed by atoms with E-state index < -0.39 is 17.0 Å². The van der Waals surface area contributed by atoms with E-state index in [1.807, 2.05) is 0 Å². The van der Waals surface area contributed by atoms with Gasteiger partial charge in [0.15, 0.2) is 5.60 Å². The zero-order valence-electron chi connectivity index (χ0n) is 7.69. The van der Waals surface area contributed by atoms with Crippen LogP contribution in [0.5, 0.6) is 0 Å². The van der Waals surface area contributed by atoms with Crippen LogP contribution in [0, 0.1) is 11.3 Å². The van der Waals surface area contributed by atoms with Gasteiger partial charge < -0.3 is 10.2 Å². The predicted octanol–water partition coefficient (Wildman–Crippen LogP) is 2.02. The largest absolute Gasteiger partial charge is 0.392 e. The van der Waals surface area contributed by atoms with E-state index in [9.17, 15) is 5.11 Å². The molecule has 0 aliphatic carbocycles. The third-order valence-electron chi connectivity index (χ3n) is 2.02. The molecule has 0 spiro atoms. The van der Waals surface area contributed by atoms with Crippen LogP contribution in [0.1, 0.15) is 10.4 Å². The van der Waals surface area contributed by atoms with Crippen LogP contribution >= 0.6 is 27.5 Å². The molecule has 2 N–H and O–H groups in total. The molecule has 0 amide bonds. The second-order valence-electron chi connectivity index (χ2n) is 3.11. The third-order valence-corrected chi connectivity index (χ3v) is 3.55. The zero-order valence-corrected chi connectivity index (χ0v) is 10.0. The van der Waals surface area contributed by atoms with Gasteiger partial charge in [-0.2, -0.15) is 5.26 Å². The molecule has 2 atom stereocenters. The Labute approximate surface area is 101 Å². The van der Waals surface area contributed by atoms with E-state index in [0.29, 0.717) is 10.6 Å². The first-order chi connectivity index (χ1) is 7.03. The lowest BCUT2D eigenvalue weighted by Crippen LogP contribution is -2.35. The number of nitrogens with zero attached hydrogens (tertiary/aromatic N) is 1. The van der Waals surface area contributed by atoms with E-state index in [2.05, 4.69) is 15.9 Å². The molecule has 1 aromatic carbocycles. The van der Waals surface area contributed by atoms with Gasteiger partial charge in [-0.05, 0) is 17.7 Å². The average Bonchev–Trinajstić information content (AvgIpc) is 2.28. The number of aliphatic hydroxyl groups is 2. The molecule has 1 rings (SSSR count). The lowest BCUT2D eigenvalue weighted by Gasteiger charge is -2.23. The number of nitriles is 1. The Morgan fingerprint density at radius 3 is 2.40 bits per heavy atom. The monoisotopic (exact) mass is 289 g/mol. The lowest BCUT2D eigenvalue weighted by atomic mass is 9.97. The Balaban J connectivity index is 2.99. The van der Waals surface area contributed by atoms with Gasteiger partial charge in [-0.3, -0.25) is 0 Å². The number of hydrogen-bond donors (Lipinski definition) is 2. The molecule has 1 aromatic rings. The van der Waals surface area contributed by atoms with Crippen molar-refractivity contribution in [3.8, 4) is 6.07 Å². The van der Waals surface area contributed by atoms with E-state index in [1.54, 1.807) is 30.3 Å². The maximum absolute atomic E-state index is 9.73. The number of alkyl halides is 1. The van der Waals surface area contributed by atoms with Crippen molar-refractivity contribution in [3.63, 3.8) is 0 Å². The summed E-state index contributed by atoms with van der Waals surface area (Å²) in [6.07, 6.45) is 0. The molecule has 0 heterocycles. The summed E-state index contributed by atoms with van der Waals surface area (Å²) < 4.78 is 0. The fraction of sp³-hybridized carbons (Fsp3) is 0.300. The summed E-state index contributed by atoms with van der Waals surface area (Å²) in [5.74, 6) is 0. The van der Waals surface area contributed by atoms with Crippen molar-refractivity contribution < 1.29 is 10.2 Å². The van der Waals surface area contributed by atoms with E-state index in [-0.39, 0.29) is 0 Å². The van der Waals surface area contributed by atoms with E-state index >= 15 is 0 Å². The highest BCUT2D eigenvalue weighted by atomic mass is 79.9. The van der Waals surface area contributed by atoms with Gasteiger partial charge >= 0.3 is 0 Å². The second kappa shape index (κ2) is 4.95. The minimum Gasteiger partial charge on any atom is -0.392 e. The molecular formula is C10H9BrClNO2. The van der Waals surface area contributed by atoms with Crippen molar-refractivity contribution in [1.82, 2.24) is 0 Å². The van der Waals surface area contributed by atoms with Crippen LogP contribution in [0.3, 0.4) is 0 Å². The maximum Gasteiger partial charge on any atom is 0.190 e. The summed E-state index contributed by atoms with van der Waals surface area (Å²) >= 11 is 8.88. The molecule has 0 aromatic heterocycles. The molecular weight excluding hydrogens is 281 g/mol. The van der Waals surface area contributed by atoms with Gasteiger partial charge in [-0.25, -0.2) is 0 Å². The van der Waals surface area contributed by atoms with Gasteiger partial charge in [0.05, 0.1) is 11.4 Å². The summed E-state index contributed by atoms with van der Waals surface area (Å²) in [6.45, 7) is -0.637. The van der Waals surface area contributed by atoms with Gasteiger partial charge in [-0.15, -0.1) is 0 Å². The molecule has 0 radical (unpaired) electrons. The summed E-state index contributed by atoms with van der Waals surface area (Å²) in [5, 5.41) is 28.0. The molecule has 3 nitrogen and oxygen atoms in total. The highest BCUT2D eigenvalue weighted by Crippen LogP contribution is 2.34. The maximum atomic E-state index is 9.73. The number of hydrogen-bond acceptors (Lipinski definition) is 3. The Morgan fingerprint density at radius 2 is 2.00 bits per heavy atom. The van der Waals surface area contributed by atoms with E-state index in [0.717, 1.165) is 0 Å². The van der Waals surface area contributed by atoms with Crippen LogP contribution in [0.15, 0.2) is 24.3 Å². The Morgan fingerprint density at radius 1 is 1.47 bits per heavy atom. The molecule has 0 unspecified atom stereocenters. The average molecular weight is 291 g/mol. The fourth-order valence-electron chi connectivity index (χ4n) is 1.08. The first-order valence-corrected chi connectivity index (χ1v) is 5.47. The summed E-state index contributed by atoms with van der Waals surface area (Å²) in [6, 6.07) is 8.33. The van der Waals surface area contributed by atoms with Crippen LogP contribution < -0.4 is 0 Å². The Hall–Kier alpha value is -0.600. The highest BCUT2D eigenvalue weighted by Gasteiger charge is 2.35. The molecule has 0 fully saturated rings. The quantitative estimate of drug-likeness (QED) is 0.661. The Kier molecular flexibility index (Phi) is 4.12. The van der Waals surface area contributed by atoms with Crippen LogP contribution in [0.25, 0.3) is 0 Å². The molecule has 80 valence electrons. The molecule has 15 heavy (non-hydrogen) atoms. The topological polar surface area (TPSA) is 64.2 Å². The van der Waals surface area contributed by atoms with Gasteiger partial charge in [0.2, 0.25) is 0 Å². The van der Waals surface area contributed by atoms with Crippen LogP contribution in [-0.4, -0.2) is 22.4 Å². The number of aliphatic hydroxyl groups excluding tert-OH is 1. The summed E-state index contributed by atoms with van der Waals surface area (Å²) in [5.41, 5.74) is -1.15. The standard InChI is InChI=1S/C10H9BrClNO2/c11-9(10(15,5-13)6-14)7-1-3-8(12)4-2-7/h1-4,9,14-15H,6H2/t9-,10+/m0/s1. The summed E-state index contributed by atoms with van der Waals surface area (Å²) in [7, 11) is 0. The van der Waals surface area contributed by atoms with E-state index in [1.165, 1.54) is 0 Å². The van der Waals surface area contributed by atoms with Crippen molar-refractivity contribution >= 4 is 27.5 Å². The minimum absolute atomic E-state index is 0.572. The van der Waals surface area contributed by atoms with Crippen LogP contribution in [0.2, 0.25) is 5.02 Å². The number of halogens is 2. The highest BCUT2D eigenvalue weighted by molar-refractivity contribution is 9.09. The normalized spacial score (nSPS) is 16.5. The minimum atomic E-state index is -1.83. The van der Waals surface area contributed by atoms with Gasteiger partial charge in [0.25, 0.3) is 0 Å². The van der Waals surface area contributed by atoms with Crippen LogP contribution in [0.4, 0.5) is 0 Å². The molecule has 0 saturated carbocycles. The second-order valence-corrected chi connectivity index (χ2v) is 4.46. The third kappa shape index (κ3) is 2.70. The lowest BCUT2D eigenvalue weighted by molar-refractivity contribution is 0.0334. The van der Waals surface area contributed by atoms with Gasteiger partial charge in [0, 0.05) is 5.02 Å². The predicted molar refractivity (Wildman–Crippen MR) is 60.8 cm³/mol. The molecule has 5 heteroatoms. The van der Waals surface area contributed by atoms with Crippen LogP contribution in [-0.2, 0) is 0 Å². The van der Waals surface area contributed by atoms with Crippen molar-refractivity contribution in [1.29, 1.82) is 5.26 Å².